The monoisotopic (exact) mass is 560 g/mol. The highest BCUT2D eigenvalue weighted by Crippen LogP contribution is 2.27. The summed E-state index contributed by atoms with van der Waals surface area (Å²) in [5.74, 6) is 1.95. The van der Waals surface area contributed by atoms with Crippen LogP contribution in [0.1, 0.15) is 59.9 Å². The van der Waals surface area contributed by atoms with Crippen LogP contribution in [0.5, 0.6) is 0 Å². The molecule has 0 spiro atoms. The van der Waals surface area contributed by atoms with Gasteiger partial charge in [-0.3, -0.25) is 4.99 Å². The van der Waals surface area contributed by atoms with Crippen molar-refractivity contribution >= 4 is 36.0 Å². The van der Waals surface area contributed by atoms with E-state index in [9.17, 15) is 4.79 Å². The summed E-state index contributed by atoms with van der Waals surface area (Å²) in [5.41, 5.74) is -0.461. The van der Waals surface area contributed by atoms with E-state index in [1.165, 1.54) is 0 Å². The Morgan fingerprint density at radius 1 is 1.22 bits per heavy atom. The molecule has 3 unspecified atom stereocenters. The Morgan fingerprint density at radius 3 is 2.66 bits per heavy atom. The standard InChI is InChI=1S/C23H40N6O2.HI/c1-6-25-21(27-12-9-18(2)20(16-27)29-13-10-24-17-29)26-14-19-8-7-11-28(15-19)22(30)31-23(3,4)5;/h10,13,17-20H,6-9,11-12,14-16H2,1-5H3,(H,25,26);1H. The number of piperidine rings is 2. The van der Waals surface area contributed by atoms with E-state index in [-0.39, 0.29) is 30.1 Å². The largest absolute Gasteiger partial charge is 0.444 e. The van der Waals surface area contributed by atoms with Crippen molar-refractivity contribution in [2.75, 3.05) is 39.3 Å². The zero-order valence-electron chi connectivity index (χ0n) is 20.3. The van der Waals surface area contributed by atoms with E-state index in [2.05, 4.69) is 39.8 Å². The average Bonchev–Trinajstić information content (AvgIpc) is 3.25. The van der Waals surface area contributed by atoms with Gasteiger partial charge in [0.1, 0.15) is 5.60 Å². The van der Waals surface area contributed by atoms with Crippen LogP contribution in [0.2, 0.25) is 0 Å². The molecule has 1 N–H and O–H groups in total. The first-order valence-corrected chi connectivity index (χ1v) is 11.8. The van der Waals surface area contributed by atoms with Gasteiger partial charge in [0.05, 0.1) is 12.4 Å². The van der Waals surface area contributed by atoms with Crippen molar-refractivity contribution in [3.05, 3.63) is 18.7 Å². The molecule has 32 heavy (non-hydrogen) atoms. The summed E-state index contributed by atoms with van der Waals surface area (Å²) in [6.07, 6.45) is 8.84. The van der Waals surface area contributed by atoms with E-state index in [0.717, 1.165) is 57.9 Å². The average molecular weight is 561 g/mol. The van der Waals surface area contributed by atoms with Crippen molar-refractivity contribution < 1.29 is 9.53 Å². The van der Waals surface area contributed by atoms with Gasteiger partial charge in [-0.15, -0.1) is 24.0 Å². The van der Waals surface area contributed by atoms with E-state index in [1.807, 2.05) is 38.2 Å². The van der Waals surface area contributed by atoms with Crippen LogP contribution >= 0.6 is 24.0 Å². The van der Waals surface area contributed by atoms with Crippen molar-refractivity contribution in [1.29, 1.82) is 0 Å². The van der Waals surface area contributed by atoms with Gasteiger partial charge in [0.15, 0.2) is 5.96 Å². The molecule has 0 radical (unpaired) electrons. The van der Waals surface area contributed by atoms with Gasteiger partial charge in [-0.2, -0.15) is 0 Å². The zero-order valence-corrected chi connectivity index (χ0v) is 22.6. The Morgan fingerprint density at radius 2 is 2.00 bits per heavy atom. The Labute approximate surface area is 210 Å². The van der Waals surface area contributed by atoms with Gasteiger partial charge in [-0.25, -0.2) is 9.78 Å². The number of nitrogens with zero attached hydrogens (tertiary/aromatic N) is 5. The molecule has 0 aliphatic carbocycles. The number of likely N-dealkylation sites (tertiary alicyclic amines) is 2. The molecule has 0 aromatic carbocycles. The fourth-order valence-corrected chi connectivity index (χ4v) is 4.44. The molecule has 1 aromatic heterocycles. The lowest BCUT2D eigenvalue weighted by Gasteiger charge is -2.39. The fourth-order valence-electron chi connectivity index (χ4n) is 4.44. The van der Waals surface area contributed by atoms with Gasteiger partial charge < -0.3 is 24.4 Å². The second-order valence-electron chi connectivity index (χ2n) is 9.92. The maximum Gasteiger partial charge on any atom is 0.410 e. The third-order valence-electron chi connectivity index (χ3n) is 6.13. The van der Waals surface area contributed by atoms with E-state index in [1.54, 1.807) is 0 Å². The third kappa shape index (κ3) is 7.52. The molecule has 2 aliphatic heterocycles. The molecule has 3 heterocycles. The quantitative estimate of drug-likeness (QED) is 0.343. The highest BCUT2D eigenvalue weighted by Gasteiger charge is 2.30. The molecule has 2 fully saturated rings. The summed E-state index contributed by atoms with van der Waals surface area (Å²) < 4.78 is 7.79. The molecule has 1 amide bonds. The van der Waals surface area contributed by atoms with Crippen LogP contribution < -0.4 is 5.32 Å². The lowest BCUT2D eigenvalue weighted by atomic mass is 9.93. The minimum absolute atomic E-state index is 0. The molecule has 9 heteroatoms. The first-order valence-electron chi connectivity index (χ1n) is 11.8. The minimum Gasteiger partial charge on any atom is -0.444 e. The van der Waals surface area contributed by atoms with E-state index < -0.39 is 5.60 Å². The lowest BCUT2D eigenvalue weighted by Crippen LogP contribution is -2.49. The first-order chi connectivity index (χ1) is 14.8. The number of hydrogen-bond donors (Lipinski definition) is 1. The van der Waals surface area contributed by atoms with Gasteiger partial charge >= 0.3 is 6.09 Å². The maximum absolute atomic E-state index is 12.5. The van der Waals surface area contributed by atoms with Crippen LogP contribution in [-0.4, -0.2) is 76.3 Å². The van der Waals surface area contributed by atoms with Gasteiger partial charge in [0, 0.05) is 51.7 Å². The summed E-state index contributed by atoms with van der Waals surface area (Å²) in [5, 5.41) is 3.48. The summed E-state index contributed by atoms with van der Waals surface area (Å²) in [7, 11) is 0. The SMILES string of the molecule is CCNC(=NCC1CCCN(C(=O)OC(C)(C)C)C1)N1CCC(C)C(n2ccnc2)C1.I. The number of rotatable bonds is 4. The molecule has 0 bridgehead atoms. The van der Waals surface area contributed by atoms with Crippen LogP contribution in [0.4, 0.5) is 4.79 Å². The smallest absolute Gasteiger partial charge is 0.410 e. The molecule has 8 nitrogen and oxygen atoms in total. The summed E-state index contributed by atoms with van der Waals surface area (Å²) in [4.78, 5) is 25.9. The highest BCUT2D eigenvalue weighted by molar-refractivity contribution is 14.0. The molecular formula is C23H41IN6O2. The third-order valence-corrected chi connectivity index (χ3v) is 6.13. The van der Waals surface area contributed by atoms with Crippen LogP contribution in [0.15, 0.2) is 23.7 Å². The molecule has 0 saturated carbocycles. The number of halogens is 1. The first kappa shape index (κ1) is 26.7. The predicted octanol–water partition coefficient (Wildman–Crippen LogP) is 4.00. The predicted molar refractivity (Wildman–Crippen MR) is 139 cm³/mol. The number of imidazole rings is 1. The molecule has 182 valence electrons. The molecule has 3 rings (SSSR count). The minimum atomic E-state index is -0.461. The van der Waals surface area contributed by atoms with Gasteiger partial charge in [-0.05, 0) is 58.8 Å². The Kier molecular flexibility index (Phi) is 10.1. The van der Waals surface area contributed by atoms with Crippen molar-refractivity contribution in [3.63, 3.8) is 0 Å². The Balaban J connectivity index is 0.00000363. The fraction of sp³-hybridized carbons (Fsp3) is 0.783. The Bertz CT molecular complexity index is 733. The topological polar surface area (TPSA) is 75.0 Å². The number of aliphatic imine (C=N–C) groups is 1. The molecule has 1 aromatic rings. The van der Waals surface area contributed by atoms with Crippen molar-refractivity contribution in [2.45, 2.75) is 65.5 Å². The second-order valence-corrected chi connectivity index (χ2v) is 9.92. The summed E-state index contributed by atoms with van der Waals surface area (Å²) in [6, 6.07) is 0.400. The molecule has 2 aliphatic rings. The van der Waals surface area contributed by atoms with E-state index >= 15 is 0 Å². The zero-order chi connectivity index (χ0) is 22.4. The summed E-state index contributed by atoms with van der Waals surface area (Å²) >= 11 is 0. The van der Waals surface area contributed by atoms with Gasteiger partial charge in [0.2, 0.25) is 0 Å². The van der Waals surface area contributed by atoms with Gasteiger partial charge in [0.25, 0.3) is 0 Å². The van der Waals surface area contributed by atoms with Crippen LogP contribution in [-0.2, 0) is 4.74 Å². The highest BCUT2D eigenvalue weighted by atomic mass is 127. The lowest BCUT2D eigenvalue weighted by molar-refractivity contribution is 0.0170. The van der Waals surface area contributed by atoms with Crippen LogP contribution in [0.25, 0.3) is 0 Å². The van der Waals surface area contributed by atoms with Crippen LogP contribution in [0, 0.1) is 11.8 Å². The number of amides is 1. The number of carbonyl (C=O) groups is 1. The van der Waals surface area contributed by atoms with Crippen molar-refractivity contribution in [3.8, 4) is 0 Å². The van der Waals surface area contributed by atoms with Gasteiger partial charge in [-0.1, -0.05) is 6.92 Å². The summed E-state index contributed by atoms with van der Waals surface area (Å²) in [6.45, 7) is 15.2. The molecular weight excluding hydrogens is 519 g/mol. The second kappa shape index (κ2) is 12.1. The maximum atomic E-state index is 12.5. The Hall–Kier alpha value is -1.52. The molecule has 3 atom stereocenters. The number of nitrogens with one attached hydrogen (secondary N) is 1. The number of ether oxygens (including phenoxy) is 1. The van der Waals surface area contributed by atoms with Crippen molar-refractivity contribution in [1.82, 2.24) is 24.7 Å². The number of hydrogen-bond acceptors (Lipinski definition) is 4. The van der Waals surface area contributed by atoms with Crippen LogP contribution in [0.3, 0.4) is 0 Å². The van der Waals surface area contributed by atoms with E-state index in [4.69, 9.17) is 9.73 Å². The number of aromatic nitrogens is 2. The van der Waals surface area contributed by atoms with E-state index in [0.29, 0.717) is 24.4 Å². The number of guanidine groups is 1. The van der Waals surface area contributed by atoms with Crippen molar-refractivity contribution in [2.24, 2.45) is 16.8 Å². The normalized spacial score (nSPS) is 24.7. The molecule has 2 saturated heterocycles. The number of carbonyl (C=O) groups excluding carboxylic acids is 1.